The van der Waals surface area contributed by atoms with Crippen LogP contribution in [0, 0.1) is 0 Å². The molecule has 1 nitrogen and oxygen atoms in total. The predicted molar refractivity (Wildman–Crippen MR) is 315 cm³/mol. The van der Waals surface area contributed by atoms with E-state index < -0.39 is 5.41 Å². The maximum atomic E-state index is 2.45. The van der Waals surface area contributed by atoms with Crippen LogP contribution in [0.3, 0.4) is 0 Å². The maximum Gasteiger partial charge on any atom is 0.0713 e. The summed E-state index contributed by atoms with van der Waals surface area (Å²) in [7, 11) is 0. The topological polar surface area (TPSA) is 3.24 Å². The van der Waals surface area contributed by atoms with Crippen LogP contribution in [0.5, 0.6) is 0 Å². The first kappa shape index (κ1) is 44.4. The largest absolute Gasteiger partial charge is 0.310 e. The lowest BCUT2D eigenvalue weighted by Gasteiger charge is -2.34. The molecule has 0 N–H and O–H groups in total. The molecule has 2 aliphatic rings. The molecule has 75 heavy (non-hydrogen) atoms. The molecule has 1 heteroatoms. The SMILES string of the molecule is CC1(C)c2ccccc2-c2ccc(-c3ccc(N(c4ccc(-c5ccc6c(c5)C(c5ccccc5)(c5ccccc5)c5ccccc5-6)cc4)c4cccc(-c5cccc(-c6cccc7ccccc67)c5)c4)cc3)cc21. The van der Waals surface area contributed by atoms with E-state index in [1.165, 1.54) is 105 Å². The molecule has 0 aromatic heterocycles. The van der Waals surface area contributed by atoms with Gasteiger partial charge < -0.3 is 4.90 Å². The van der Waals surface area contributed by atoms with E-state index in [4.69, 9.17) is 0 Å². The molecule has 0 saturated carbocycles. The van der Waals surface area contributed by atoms with Crippen LogP contribution < -0.4 is 4.90 Å². The minimum absolute atomic E-state index is 0.0675. The van der Waals surface area contributed by atoms with Crippen molar-refractivity contribution in [2.75, 3.05) is 4.90 Å². The first-order valence-electron chi connectivity index (χ1n) is 26.2. The molecule has 0 heterocycles. The van der Waals surface area contributed by atoms with Gasteiger partial charge in [0.05, 0.1) is 5.41 Å². The summed E-state index contributed by atoms with van der Waals surface area (Å²) < 4.78 is 0. The molecule has 2 aliphatic carbocycles. The fourth-order valence-corrected chi connectivity index (χ4v) is 12.7. The first-order chi connectivity index (χ1) is 36.9. The summed E-state index contributed by atoms with van der Waals surface area (Å²) in [5, 5.41) is 2.50. The molecule has 12 aromatic rings. The Morgan fingerprint density at radius 3 is 1.36 bits per heavy atom. The van der Waals surface area contributed by atoms with Crippen LogP contribution in [0.15, 0.2) is 285 Å². The van der Waals surface area contributed by atoms with Gasteiger partial charge in [-0.15, -0.1) is 0 Å². The van der Waals surface area contributed by atoms with E-state index in [1.807, 2.05) is 0 Å². The van der Waals surface area contributed by atoms with E-state index in [2.05, 4.69) is 304 Å². The van der Waals surface area contributed by atoms with E-state index in [0.717, 1.165) is 22.6 Å². The quantitative estimate of drug-likeness (QED) is 0.139. The second-order valence-electron chi connectivity index (χ2n) is 20.8. The van der Waals surface area contributed by atoms with Gasteiger partial charge in [0.15, 0.2) is 0 Å². The summed E-state index contributed by atoms with van der Waals surface area (Å²) in [4.78, 5) is 2.41. The fraction of sp³-hybridized carbons (Fsp3) is 0.0541. The third-order valence-corrected chi connectivity index (χ3v) is 16.4. The Hall–Kier alpha value is -9.30. The highest BCUT2D eigenvalue weighted by atomic mass is 15.1. The highest BCUT2D eigenvalue weighted by Gasteiger charge is 2.46. The summed E-state index contributed by atoms with van der Waals surface area (Å²) >= 11 is 0. The molecular weight excluding hydrogens is 903 g/mol. The zero-order valence-electron chi connectivity index (χ0n) is 42.1. The first-order valence-corrected chi connectivity index (χ1v) is 26.2. The van der Waals surface area contributed by atoms with Crippen molar-refractivity contribution in [2.45, 2.75) is 24.7 Å². The minimum atomic E-state index is -0.465. The Morgan fingerprint density at radius 1 is 0.253 bits per heavy atom. The van der Waals surface area contributed by atoms with Gasteiger partial charge in [0.25, 0.3) is 0 Å². The average molecular weight is 956 g/mol. The Balaban J connectivity index is 0.866. The second kappa shape index (κ2) is 17.7. The molecule has 0 atom stereocenters. The Morgan fingerprint density at radius 2 is 0.693 bits per heavy atom. The molecule has 12 aromatic carbocycles. The molecule has 0 radical (unpaired) electrons. The van der Waals surface area contributed by atoms with Gasteiger partial charge in [-0.3, -0.25) is 0 Å². The Labute approximate surface area is 440 Å². The highest BCUT2D eigenvalue weighted by molar-refractivity contribution is 5.97. The van der Waals surface area contributed by atoms with E-state index in [-0.39, 0.29) is 5.41 Å². The standard InChI is InChI=1S/C74H53N/c1-73(2)69-32-13-11-29-65(69)67-44-38-55(48-71(67)73)50-34-40-60(41-35-50)75(62-27-16-21-54(47-62)53-20-15-22-57(46-53)64-31-17-19-52-18-9-10-28-63(52)64)61-42-36-51(37-43-61)56-39-45-68-66-30-12-14-33-70(66)74(72(68)49-56,58-23-5-3-6-24-58)59-25-7-4-8-26-59/h3-49H,1-2H3. The van der Waals surface area contributed by atoms with Gasteiger partial charge in [-0.2, -0.15) is 0 Å². The van der Waals surface area contributed by atoms with E-state index in [0.29, 0.717) is 0 Å². The van der Waals surface area contributed by atoms with Crippen LogP contribution in [0.4, 0.5) is 17.1 Å². The summed E-state index contributed by atoms with van der Waals surface area (Å²) in [5.41, 5.74) is 25.5. The average Bonchev–Trinajstić information content (AvgIpc) is 3.96. The molecule has 0 unspecified atom stereocenters. The number of nitrogens with zero attached hydrogens (tertiary/aromatic N) is 1. The van der Waals surface area contributed by atoms with Crippen LogP contribution in [0.1, 0.15) is 47.2 Å². The van der Waals surface area contributed by atoms with Crippen molar-refractivity contribution >= 4 is 27.8 Å². The van der Waals surface area contributed by atoms with Gasteiger partial charge in [-0.05, 0) is 166 Å². The Bertz CT molecular complexity index is 4080. The lowest BCUT2D eigenvalue weighted by atomic mass is 9.67. The number of benzene rings is 12. The summed E-state index contributed by atoms with van der Waals surface area (Å²) in [5.74, 6) is 0. The molecule has 354 valence electrons. The fourth-order valence-electron chi connectivity index (χ4n) is 12.7. The molecule has 0 spiro atoms. The van der Waals surface area contributed by atoms with Crippen molar-refractivity contribution in [1.82, 2.24) is 0 Å². The summed E-state index contributed by atoms with van der Waals surface area (Å²) in [6.45, 7) is 4.71. The molecule has 14 rings (SSSR count). The monoisotopic (exact) mass is 955 g/mol. The number of fused-ring (bicyclic) bond motifs is 7. The van der Waals surface area contributed by atoms with E-state index in [9.17, 15) is 0 Å². The number of anilines is 3. The van der Waals surface area contributed by atoms with E-state index >= 15 is 0 Å². The highest BCUT2D eigenvalue weighted by Crippen LogP contribution is 2.57. The lowest BCUT2D eigenvalue weighted by Crippen LogP contribution is -2.28. The lowest BCUT2D eigenvalue weighted by molar-refractivity contribution is 0.660. The van der Waals surface area contributed by atoms with Crippen LogP contribution in [-0.2, 0) is 10.8 Å². The summed E-state index contributed by atoms with van der Waals surface area (Å²) in [6.07, 6.45) is 0. The van der Waals surface area contributed by atoms with Gasteiger partial charge in [-0.1, -0.05) is 244 Å². The molecule has 0 fully saturated rings. The summed E-state index contributed by atoms with van der Waals surface area (Å²) in [6, 6.07) is 106. The predicted octanol–water partition coefficient (Wildman–Crippen LogP) is 19.6. The number of hydrogen-bond acceptors (Lipinski definition) is 1. The van der Waals surface area contributed by atoms with Crippen molar-refractivity contribution < 1.29 is 0 Å². The van der Waals surface area contributed by atoms with Crippen molar-refractivity contribution in [2.24, 2.45) is 0 Å². The van der Waals surface area contributed by atoms with Crippen molar-refractivity contribution in [3.63, 3.8) is 0 Å². The van der Waals surface area contributed by atoms with Crippen LogP contribution in [-0.4, -0.2) is 0 Å². The molecule has 0 aliphatic heterocycles. The maximum absolute atomic E-state index is 2.45. The smallest absolute Gasteiger partial charge is 0.0713 e. The van der Waals surface area contributed by atoms with Crippen molar-refractivity contribution in [1.29, 1.82) is 0 Å². The number of rotatable bonds is 9. The van der Waals surface area contributed by atoms with E-state index in [1.54, 1.807) is 0 Å². The van der Waals surface area contributed by atoms with Gasteiger partial charge in [0.2, 0.25) is 0 Å². The van der Waals surface area contributed by atoms with Crippen LogP contribution in [0.25, 0.3) is 77.5 Å². The van der Waals surface area contributed by atoms with Gasteiger partial charge in [0, 0.05) is 22.5 Å². The molecule has 0 amide bonds. The zero-order valence-corrected chi connectivity index (χ0v) is 42.1. The van der Waals surface area contributed by atoms with Crippen molar-refractivity contribution in [3.05, 3.63) is 318 Å². The number of hydrogen-bond donors (Lipinski definition) is 0. The van der Waals surface area contributed by atoms with Gasteiger partial charge >= 0.3 is 0 Å². The van der Waals surface area contributed by atoms with Gasteiger partial charge in [0.1, 0.15) is 0 Å². The molecular formula is C74H53N. The molecule has 0 bridgehead atoms. The molecule has 0 saturated heterocycles. The zero-order chi connectivity index (χ0) is 50.1. The second-order valence-corrected chi connectivity index (χ2v) is 20.8. The van der Waals surface area contributed by atoms with Crippen LogP contribution >= 0.6 is 0 Å². The van der Waals surface area contributed by atoms with Crippen molar-refractivity contribution in [3.8, 4) is 66.8 Å². The third-order valence-electron chi connectivity index (χ3n) is 16.4. The normalized spacial score (nSPS) is 13.4. The minimum Gasteiger partial charge on any atom is -0.310 e. The Kier molecular flexibility index (Phi) is 10.5. The van der Waals surface area contributed by atoms with Crippen LogP contribution in [0.2, 0.25) is 0 Å². The van der Waals surface area contributed by atoms with Gasteiger partial charge in [-0.25, -0.2) is 0 Å². The third kappa shape index (κ3) is 7.22.